The van der Waals surface area contributed by atoms with E-state index in [0.717, 1.165) is 30.6 Å². The molecule has 3 nitrogen and oxygen atoms in total. The minimum absolute atomic E-state index is 0.326. The minimum atomic E-state index is 0.326. The van der Waals surface area contributed by atoms with E-state index in [1.807, 2.05) is 13.1 Å². The Bertz CT molecular complexity index is 560. The van der Waals surface area contributed by atoms with Crippen LogP contribution in [0.2, 0.25) is 0 Å². The van der Waals surface area contributed by atoms with Gasteiger partial charge in [0, 0.05) is 19.5 Å². The Kier molecular flexibility index (Phi) is 4.30. The highest BCUT2D eigenvalue weighted by molar-refractivity contribution is 5.77. The Morgan fingerprint density at radius 3 is 2.64 bits per heavy atom. The first kappa shape index (κ1) is 17.6. The van der Waals surface area contributed by atoms with Crippen molar-refractivity contribution in [2.24, 2.45) is 28.6 Å². The molecule has 0 bridgehead atoms. The third-order valence-electron chi connectivity index (χ3n) is 8.89. The quantitative estimate of drug-likeness (QED) is 0.709. The van der Waals surface area contributed by atoms with Crippen molar-refractivity contribution in [3.63, 3.8) is 0 Å². The molecule has 0 spiro atoms. The van der Waals surface area contributed by atoms with E-state index in [9.17, 15) is 4.79 Å². The number of fused-ring (bicyclic) bond motifs is 5. The number of ether oxygens (including phenoxy) is 1. The molecule has 4 rings (SSSR count). The number of likely N-dealkylation sites (tertiary alicyclic amines) is 1. The molecule has 0 aromatic carbocycles. The van der Waals surface area contributed by atoms with E-state index in [-0.39, 0.29) is 0 Å². The maximum absolute atomic E-state index is 12.2. The number of hydrogen-bond donors (Lipinski definition) is 0. The molecule has 1 saturated heterocycles. The summed E-state index contributed by atoms with van der Waals surface area (Å²) in [7, 11) is 2.05. The zero-order valence-corrected chi connectivity index (χ0v) is 16.3. The van der Waals surface area contributed by atoms with E-state index >= 15 is 0 Å². The van der Waals surface area contributed by atoms with E-state index < -0.39 is 0 Å². The highest BCUT2D eigenvalue weighted by atomic mass is 16.5. The molecule has 3 saturated carbocycles. The molecule has 1 amide bonds. The van der Waals surface area contributed by atoms with Crippen molar-refractivity contribution in [2.45, 2.75) is 77.4 Å². The summed E-state index contributed by atoms with van der Waals surface area (Å²) in [4.78, 5) is 14.3. The number of hydrogen-bond acceptors (Lipinski definition) is 2. The molecule has 0 aromatic heterocycles. The van der Waals surface area contributed by atoms with Crippen LogP contribution in [0.1, 0.15) is 65.2 Å². The summed E-state index contributed by atoms with van der Waals surface area (Å²) in [6.45, 7) is 9.51. The maximum Gasteiger partial charge on any atom is 0.222 e. The van der Waals surface area contributed by atoms with Gasteiger partial charge in [-0.05, 0) is 73.5 Å². The molecule has 1 heterocycles. The second-order valence-corrected chi connectivity index (χ2v) is 9.71. The largest absolute Gasteiger partial charge is 0.374 e. The van der Waals surface area contributed by atoms with Gasteiger partial charge in [-0.15, -0.1) is 6.58 Å². The van der Waals surface area contributed by atoms with Crippen LogP contribution in [0.3, 0.4) is 0 Å². The van der Waals surface area contributed by atoms with Crippen LogP contribution in [0.5, 0.6) is 0 Å². The van der Waals surface area contributed by atoms with Crippen molar-refractivity contribution in [1.29, 1.82) is 0 Å². The van der Waals surface area contributed by atoms with Crippen molar-refractivity contribution in [2.75, 3.05) is 13.7 Å². The average molecular weight is 346 g/mol. The molecule has 0 N–H and O–H groups in total. The van der Waals surface area contributed by atoms with Gasteiger partial charge in [0.25, 0.3) is 0 Å². The van der Waals surface area contributed by atoms with Crippen LogP contribution >= 0.6 is 0 Å². The Morgan fingerprint density at radius 1 is 1.12 bits per heavy atom. The van der Waals surface area contributed by atoms with Gasteiger partial charge in [-0.3, -0.25) is 4.79 Å². The lowest BCUT2D eigenvalue weighted by Crippen LogP contribution is -2.61. The Balaban J connectivity index is 1.58. The molecule has 2 unspecified atom stereocenters. The van der Waals surface area contributed by atoms with E-state index in [0.29, 0.717) is 35.5 Å². The molecule has 140 valence electrons. The van der Waals surface area contributed by atoms with E-state index in [4.69, 9.17) is 4.74 Å². The van der Waals surface area contributed by atoms with Gasteiger partial charge < -0.3 is 9.64 Å². The van der Waals surface area contributed by atoms with Crippen LogP contribution in [-0.4, -0.2) is 36.6 Å². The van der Waals surface area contributed by atoms with Crippen molar-refractivity contribution in [3.8, 4) is 0 Å². The van der Waals surface area contributed by atoms with Crippen molar-refractivity contribution < 1.29 is 9.53 Å². The molecule has 4 fully saturated rings. The number of piperidine rings is 1. The predicted molar refractivity (Wildman–Crippen MR) is 100 cm³/mol. The van der Waals surface area contributed by atoms with Crippen LogP contribution in [0.25, 0.3) is 0 Å². The number of carbonyl (C=O) groups excluding carboxylic acids is 1. The monoisotopic (exact) mass is 345 g/mol. The zero-order valence-electron chi connectivity index (χ0n) is 16.3. The van der Waals surface area contributed by atoms with Crippen molar-refractivity contribution >= 4 is 5.91 Å². The highest BCUT2D eigenvalue weighted by Gasteiger charge is 2.61. The van der Waals surface area contributed by atoms with Gasteiger partial charge >= 0.3 is 0 Å². The van der Waals surface area contributed by atoms with Crippen LogP contribution in [-0.2, 0) is 9.53 Å². The smallest absolute Gasteiger partial charge is 0.222 e. The number of amides is 1. The molecule has 0 radical (unpaired) electrons. The predicted octanol–water partition coefficient (Wildman–Crippen LogP) is 4.42. The van der Waals surface area contributed by atoms with Gasteiger partial charge in [-0.1, -0.05) is 19.9 Å². The molecule has 7 atom stereocenters. The molecule has 0 aromatic rings. The summed E-state index contributed by atoms with van der Waals surface area (Å²) in [6, 6.07) is 0.466. The third-order valence-corrected chi connectivity index (χ3v) is 8.89. The normalized spacial score (nSPS) is 49.3. The van der Waals surface area contributed by atoms with Crippen LogP contribution in [0.4, 0.5) is 0 Å². The molecule has 4 aliphatic rings. The highest BCUT2D eigenvalue weighted by Crippen LogP contribution is 2.65. The third kappa shape index (κ3) is 2.44. The number of rotatable bonds is 3. The summed E-state index contributed by atoms with van der Waals surface area (Å²) in [5.41, 5.74) is 0.677. The lowest BCUT2D eigenvalue weighted by atomic mass is 9.47. The summed E-state index contributed by atoms with van der Waals surface area (Å²) in [6.07, 6.45) is 11.8. The summed E-state index contributed by atoms with van der Waals surface area (Å²) in [5, 5.41) is 0. The Hall–Kier alpha value is -0.830. The van der Waals surface area contributed by atoms with Gasteiger partial charge in [0.2, 0.25) is 5.91 Å². The second kappa shape index (κ2) is 6.11. The van der Waals surface area contributed by atoms with Gasteiger partial charge in [0.05, 0.1) is 12.7 Å². The maximum atomic E-state index is 12.2. The van der Waals surface area contributed by atoms with E-state index in [2.05, 4.69) is 25.3 Å². The molecule has 1 aliphatic heterocycles. The van der Waals surface area contributed by atoms with Gasteiger partial charge in [0.1, 0.15) is 0 Å². The fraction of sp³-hybridized carbons (Fsp3) is 0.864. The fourth-order valence-corrected chi connectivity index (χ4v) is 7.56. The minimum Gasteiger partial charge on any atom is -0.374 e. The van der Waals surface area contributed by atoms with E-state index in [1.165, 1.54) is 38.5 Å². The standard InChI is InChI=1S/C22H35NO2/c1-5-14-25-19-9-7-16-15-6-8-18-21(2,13-11-20(24)23(18)4)17(15)10-12-22(16,19)3/h5,15-19H,1,6-14H2,2-4H3/t15-,16-,17+,18?,19?,21+,22-/m0/s1. The first-order valence-corrected chi connectivity index (χ1v) is 10.4. The Morgan fingerprint density at radius 2 is 1.88 bits per heavy atom. The summed E-state index contributed by atoms with van der Waals surface area (Å²) >= 11 is 0. The van der Waals surface area contributed by atoms with Crippen LogP contribution in [0.15, 0.2) is 12.7 Å². The fourth-order valence-electron chi connectivity index (χ4n) is 7.56. The summed E-state index contributed by atoms with van der Waals surface area (Å²) < 4.78 is 6.20. The van der Waals surface area contributed by atoms with E-state index in [1.54, 1.807) is 0 Å². The molecule has 25 heavy (non-hydrogen) atoms. The second-order valence-electron chi connectivity index (χ2n) is 9.71. The van der Waals surface area contributed by atoms with Gasteiger partial charge in [0.15, 0.2) is 0 Å². The first-order chi connectivity index (χ1) is 11.9. The topological polar surface area (TPSA) is 29.5 Å². The van der Waals surface area contributed by atoms with Gasteiger partial charge in [-0.2, -0.15) is 0 Å². The summed E-state index contributed by atoms with van der Waals surface area (Å²) in [5.74, 6) is 2.79. The lowest BCUT2D eigenvalue weighted by Gasteiger charge is -2.61. The van der Waals surface area contributed by atoms with Crippen molar-refractivity contribution in [1.82, 2.24) is 4.90 Å². The lowest BCUT2D eigenvalue weighted by molar-refractivity contribution is -0.161. The van der Waals surface area contributed by atoms with Gasteiger partial charge in [-0.25, -0.2) is 0 Å². The average Bonchev–Trinajstić information content (AvgIpc) is 2.93. The molecule has 3 aliphatic carbocycles. The SMILES string of the molecule is C=CCOC1CC[C@H]2[C@@H]3CCC4N(C)C(=O)CC[C@]4(C)[C@@H]3CC[C@]12C. The molecular formula is C22H35NO2. The Labute approximate surface area is 153 Å². The number of nitrogens with zero attached hydrogens (tertiary/aromatic N) is 1. The molecule has 3 heteroatoms. The van der Waals surface area contributed by atoms with Crippen LogP contribution < -0.4 is 0 Å². The number of carbonyl (C=O) groups is 1. The first-order valence-electron chi connectivity index (χ1n) is 10.4. The zero-order chi connectivity index (χ0) is 17.8. The van der Waals surface area contributed by atoms with Crippen molar-refractivity contribution in [3.05, 3.63) is 12.7 Å². The molecular weight excluding hydrogens is 310 g/mol. The van der Waals surface area contributed by atoms with Crippen LogP contribution in [0, 0.1) is 28.6 Å².